The molecule has 1 atom stereocenters. The Labute approximate surface area is 287 Å². The lowest BCUT2D eigenvalue weighted by atomic mass is 10.2. The van der Waals surface area contributed by atoms with E-state index in [2.05, 4.69) is 50.6 Å². The Morgan fingerprint density at radius 1 is 1.02 bits per heavy atom. The van der Waals surface area contributed by atoms with Crippen LogP contribution in [0.1, 0.15) is 38.4 Å². The molecule has 6 rings (SSSR count). The number of anilines is 3. The Balaban J connectivity index is 1.05. The standard InChI is InChI=1S/C33H46N10O5S/c1-22-23(2)40-41-30(22)39-31-26-15-29(49(44,45)33(3,4)5)28(16-27(26)37-21-38-31)47-13-6-8-42-9-11-43(12-10-42)32-35-18-24(19-36-32)48-20-25-17-34-7-14-46-25/h15-16,18-19,21,25,34H,6-14,17,20H2,1-5H3,(H2,37,38,39,40,41). The number of benzene rings is 1. The summed E-state index contributed by atoms with van der Waals surface area (Å²) < 4.78 is 44.2. The van der Waals surface area contributed by atoms with Gasteiger partial charge in [0, 0.05) is 68.5 Å². The molecule has 49 heavy (non-hydrogen) atoms. The van der Waals surface area contributed by atoms with Crippen LogP contribution < -0.4 is 25.0 Å². The van der Waals surface area contributed by atoms with E-state index in [9.17, 15) is 8.42 Å². The molecule has 1 unspecified atom stereocenters. The first-order valence-corrected chi connectivity index (χ1v) is 18.2. The molecule has 0 saturated carbocycles. The number of rotatable bonds is 12. The summed E-state index contributed by atoms with van der Waals surface area (Å²) in [6.07, 6.45) is 5.64. The highest BCUT2D eigenvalue weighted by molar-refractivity contribution is 7.92. The van der Waals surface area contributed by atoms with Gasteiger partial charge in [0.05, 0.1) is 35.9 Å². The number of H-pyrrole nitrogens is 1. The van der Waals surface area contributed by atoms with Crippen LogP contribution in [0.15, 0.2) is 35.7 Å². The molecule has 2 fully saturated rings. The van der Waals surface area contributed by atoms with Crippen molar-refractivity contribution < 1.29 is 22.6 Å². The molecule has 2 aliphatic rings. The van der Waals surface area contributed by atoms with Crippen molar-refractivity contribution in [3.8, 4) is 11.5 Å². The number of piperazine rings is 1. The predicted molar refractivity (Wildman–Crippen MR) is 187 cm³/mol. The average molecular weight is 695 g/mol. The molecule has 0 amide bonds. The van der Waals surface area contributed by atoms with Crippen LogP contribution in [0.2, 0.25) is 0 Å². The highest BCUT2D eigenvalue weighted by Gasteiger charge is 2.34. The fraction of sp³-hybridized carbons (Fsp3) is 0.545. The number of nitrogens with zero attached hydrogens (tertiary/aromatic N) is 7. The third-order valence-corrected chi connectivity index (χ3v) is 11.4. The maximum Gasteiger partial charge on any atom is 0.225 e. The number of aryl methyl sites for hydroxylation is 1. The van der Waals surface area contributed by atoms with Crippen molar-refractivity contribution in [3.63, 3.8) is 0 Å². The van der Waals surface area contributed by atoms with Crippen LogP contribution in [0.4, 0.5) is 17.6 Å². The molecule has 5 heterocycles. The third-order valence-electron chi connectivity index (χ3n) is 8.87. The number of hydrogen-bond donors (Lipinski definition) is 3. The molecule has 0 radical (unpaired) electrons. The second-order valence-electron chi connectivity index (χ2n) is 13.4. The van der Waals surface area contributed by atoms with Gasteiger partial charge in [-0.15, -0.1) is 0 Å². The van der Waals surface area contributed by atoms with Crippen molar-refractivity contribution in [2.45, 2.75) is 56.8 Å². The molecule has 16 heteroatoms. The molecule has 2 aliphatic heterocycles. The van der Waals surface area contributed by atoms with E-state index in [4.69, 9.17) is 14.2 Å². The van der Waals surface area contributed by atoms with Crippen LogP contribution in [0.3, 0.4) is 0 Å². The summed E-state index contributed by atoms with van der Waals surface area (Å²) in [7, 11) is -3.77. The molecule has 0 aliphatic carbocycles. The number of hydrogen-bond acceptors (Lipinski definition) is 14. The zero-order chi connectivity index (χ0) is 34.6. The number of fused-ring (bicyclic) bond motifs is 1. The highest BCUT2D eigenvalue weighted by atomic mass is 32.2. The number of sulfone groups is 1. The predicted octanol–water partition coefficient (Wildman–Crippen LogP) is 3.03. The molecule has 1 aromatic carbocycles. The molecular weight excluding hydrogens is 648 g/mol. The lowest BCUT2D eigenvalue weighted by Gasteiger charge is -2.34. The van der Waals surface area contributed by atoms with Gasteiger partial charge in [-0.1, -0.05) is 0 Å². The molecule has 264 valence electrons. The van der Waals surface area contributed by atoms with E-state index in [0.717, 1.165) is 63.5 Å². The Bertz CT molecular complexity index is 1830. The minimum atomic E-state index is -3.77. The number of morpholine rings is 1. The SMILES string of the molecule is Cc1[nH]nc(Nc2ncnc3cc(OCCCN4CCN(c5ncc(OCC6CNCCO6)cn5)CC4)c(S(=O)(=O)C(C)(C)C)cc23)c1C. The summed E-state index contributed by atoms with van der Waals surface area (Å²) in [5.41, 5.74) is 2.44. The summed E-state index contributed by atoms with van der Waals surface area (Å²) in [5, 5.41) is 14.4. The first-order chi connectivity index (χ1) is 23.5. The van der Waals surface area contributed by atoms with Crippen molar-refractivity contribution >= 4 is 38.3 Å². The lowest BCUT2D eigenvalue weighted by Crippen LogP contribution is -2.47. The first kappa shape index (κ1) is 34.7. The molecule has 4 aromatic rings. The van der Waals surface area contributed by atoms with Gasteiger partial charge in [-0.25, -0.2) is 28.4 Å². The molecule has 3 N–H and O–H groups in total. The fourth-order valence-electron chi connectivity index (χ4n) is 5.64. The normalized spacial score (nSPS) is 17.7. The van der Waals surface area contributed by atoms with Crippen LogP contribution in [-0.4, -0.2) is 120 Å². The molecule has 0 bridgehead atoms. The van der Waals surface area contributed by atoms with Gasteiger partial charge in [0.2, 0.25) is 5.95 Å². The van der Waals surface area contributed by atoms with Crippen molar-refractivity contribution in [1.82, 2.24) is 40.3 Å². The van der Waals surface area contributed by atoms with Crippen molar-refractivity contribution in [3.05, 3.63) is 42.1 Å². The number of aromatic amines is 1. The number of ether oxygens (including phenoxy) is 3. The van der Waals surface area contributed by atoms with Crippen LogP contribution in [0.25, 0.3) is 10.9 Å². The van der Waals surface area contributed by atoms with Gasteiger partial charge < -0.3 is 29.7 Å². The van der Waals surface area contributed by atoms with E-state index < -0.39 is 14.6 Å². The summed E-state index contributed by atoms with van der Waals surface area (Å²) in [5.74, 6) is 2.69. The molecular formula is C33H46N10O5S. The van der Waals surface area contributed by atoms with Gasteiger partial charge in [0.25, 0.3) is 0 Å². The topological polar surface area (TPSA) is 173 Å². The maximum atomic E-state index is 13.8. The Kier molecular flexibility index (Phi) is 10.5. The highest BCUT2D eigenvalue weighted by Crippen LogP contribution is 2.37. The van der Waals surface area contributed by atoms with Crippen molar-refractivity contribution in [2.75, 3.05) is 75.9 Å². The minimum absolute atomic E-state index is 0.0330. The van der Waals surface area contributed by atoms with Gasteiger partial charge in [0.1, 0.15) is 35.5 Å². The number of aromatic nitrogens is 6. The van der Waals surface area contributed by atoms with Crippen LogP contribution in [0, 0.1) is 13.8 Å². The summed E-state index contributed by atoms with van der Waals surface area (Å²) >= 11 is 0. The van der Waals surface area contributed by atoms with E-state index in [0.29, 0.717) is 54.1 Å². The lowest BCUT2D eigenvalue weighted by molar-refractivity contribution is 0.0000538. The molecule has 3 aromatic heterocycles. The van der Waals surface area contributed by atoms with Gasteiger partial charge in [-0.05, 0) is 47.1 Å². The molecule has 2 saturated heterocycles. The minimum Gasteiger partial charge on any atom is -0.492 e. The molecule has 15 nitrogen and oxygen atoms in total. The van der Waals surface area contributed by atoms with Crippen LogP contribution in [-0.2, 0) is 14.6 Å². The van der Waals surface area contributed by atoms with E-state index in [1.807, 2.05) is 13.8 Å². The summed E-state index contributed by atoms with van der Waals surface area (Å²) in [6.45, 7) is 16.2. The van der Waals surface area contributed by atoms with Gasteiger partial charge >= 0.3 is 0 Å². The second-order valence-corrected chi connectivity index (χ2v) is 16.0. The zero-order valence-corrected chi connectivity index (χ0v) is 29.6. The molecule has 0 spiro atoms. The van der Waals surface area contributed by atoms with E-state index in [1.54, 1.807) is 45.3 Å². The van der Waals surface area contributed by atoms with E-state index in [-0.39, 0.29) is 16.7 Å². The van der Waals surface area contributed by atoms with Gasteiger partial charge in [-0.3, -0.25) is 10.00 Å². The maximum absolute atomic E-state index is 13.8. The van der Waals surface area contributed by atoms with Gasteiger partial charge in [-0.2, -0.15) is 5.10 Å². The number of nitrogens with one attached hydrogen (secondary N) is 3. The van der Waals surface area contributed by atoms with E-state index >= 15 is 0 Å². The Morgan fingerprint density at radius 2 is 1.80 bits per heavy atom. The first-order valence-electron chi connectivity index (χ1n) is 16.7. The summed E-state index contributed by atoms with van der Waals surface area (Å²) in [4.78, 5) is 22.5. The third kappa shape index (κ3) is 8.03. The summed E-state index contributed by atoms with van der Waals surface area (Å²) in [6, 6.07) is 3.31. The van der Waals surface area contributed by atoms with Gasteiger partial charge in [0.15, 0.2) is 21.4 Å². The van der Waals surface area contributed by atoms with Crippen LogP contribution in [0.5, 0.6) is 11.5 Å². The smallest absolute Gasteiger partial charge is 0.225 e. The van der Waals surface area contributed by atoms with E-state index in [1.165, 1.54) is 6.33 Å². The zero-order valence-electron chi connectivity index (χ0n) is 28.8. The Hall–Kier alpha value is -4.12. The largest absolute Gasteiger partial charge is 0.492 e. The monoisotopic (exact) mass is 694 g/mol. The quantitative estimate of drug-likeness (QED) is 0.185. The fourth-order valence-corrected chi connectivity index (χ4v) is 6.96. The Morgan fingerprint density at radius 3 is 2.47 bits per heavy atom. The van der Waals surface area contributed by atoms with Crippen molar-refractivity contribution in [1.29, 1.82) is 0 Å². The second kappa shape index (κ2) is 14.8. The van der Waals surface area contributed by atoms with Crippen molar-refractivity contribution in [2.24, 2.45) is 0 Å². The van der Waals surface area contributed by atoms with Crippen LogP contribution >= 0.6 is 0 Å². The average Bonchev–Trinajstić information content (AvgIpc) is 3.41.